The minimum atomic E-state index is -4.91. The molecule has 7 nitrogen and oxygen atoms in total. The molecule has 40 heavy (non-hydrogen) atoms. The van der Waals surface area contributed by atoms with E-state index in [-0.39, 0.29) is 35.0 Å². The van der Waals surface area contributed by atoms with Crippen LogP contribution in [0.25, 0.3) is 11.1 Å². The number of nitrogens with zero attached hydrogens (tertiary/aromatic N) is 2. The molecule has 2 unspecified atom stereocenters. The Bertz CT molecular complexity index is 1430. The molecule has 2 aliphatic carbocycles. The summed E-state index contributed by atoms with van der Waals surface area (Å²) in [6.45, 7) is 2.30. The molecule has 1 aromatic heterocycles. The summed E-state index contributed by atoms with van der Waals surface area (Å²) in [6.07, 6.45) is -1.05. The van der Waals surface area contributed by atoms with Gasteiger partial charge in [0.1, 0.15) is 18.2 Å². The maximum atomic E-state index is 14.9. The summed E-state index contributed by atoms with van der Waals surface area (Å²) in [6, 6.07) is 6.59. The Morgan fingerprint density at radius 3 is 2.58 bits per heavy atom. The van der Waals surface area contributed by atoms with E-state index in [4.69, 9.17) is 10.5 Å². The number of nitrogens with one attached hydrogen (secondary N) is 1. The van der Waals surface area contributed by atoms with Crippen LogP contribution in [-0.2, 0) is 28.7 Å². The highest BCUT2D eigenvalue weighted by Gasteiger charge is 2.45. The molecule has 1 saturated carbocycles. The van der Waals surface area contributed by atoms with Crippen LogP contribution < -0.4 is 15.9 Å². The Balaban J connectivity index is 0.000000681. The maximum Gasteiger partial charge on any atom is 0.417 e. The number of rotatable bonds is 8. The summed E-state index contributed by atoms with van der Waals surface area (Å²) in [5.41, 5.74) is 8.37. The maximum absolute atomic E-state index is 14.9. The topological polar surface area (TPSA) is 98.8 Å². The van der Waals surface area contributed by atoms with Crippen molar-refractivity contribution in [3.63, 3.8) is 0 Å². The Morgan fingerprint density at radius 2 is 1.95 bits per heavy atom. The molecule has 2 aliphatic rings. The lowest BCUT2D eigenvalue weighted by molar-refractivity contribution is -0.137. The molecule has 12 heteroatoms. The van der Waals surface area contributed by atoms with Crippen molar-refractivity contribution in [1.82, 2.24) is 10.4 Å². The average Bonchev–Trinajstić information content (AvgIpc) is 3.58. The summed E-state index contributed by atoms with van der Waals surface area (Å²) >= 11 is 0. The van der Waals surface area contributed by atoms with E-state index < -0.39 is 28.9 Å². The van der Waals surface area contributed by atoms with Gasteiger partial charge in [0.05, 0.1) is 12.2 Å². The Hall–Kier alpha value is -4.22. The molecular weight excluding hydrogens is 535 g/mol. The van der Waals surface area contributed by atoms with E-state index in [1.807, 2.05) is 0 Å². The number of aromatic nitrogens is 1. The standard InChI is InChI=1S/C25H21F5N4O.C3H6O2/c1-32-34-24(31)12-2-3-16(22(27)7-12)18-6-15(21(26)9-20(18)25(28,29)30)11-35-23-8-14-4-13-5-17(13)19(14)10-33-23;1-2-5-3-4/h2-3,6-10,13,17,32H,4-5,11H2,1H3,(H2,31,34);3H,2H2,1H3. The van der Waals surface area contributed by atoms with E-state index in [1.165, 1.54) is 25.1 Å². The highest BCUT2D eigenvalue weighted by atomic mass is 19.4. The monoisotopic (exact) mass is 562 g/mol. The summed E-state index contributed by atoms with van der Waals surface area (Å²) < 4.78 is 80.5. The second kappa shape index (κ2) is 11.9. The van der Waals surface area contributed by atoms with Gasteiger partial charge in [-0.3, -0.25) is 4.79 Å². The summed E-state index contributed by atoms with van der Waals surface area (Å²) in [7, 11) is 1.50. The molecule has 1 heterocycles. The number of carbonyl (C=O) groups excluding carboxylic acids is 1. The molecule has 2 aromatic carbocycles. The van der Waals surface area contributed by atoms with Crippen molar-refractivity contribution in [2.24, 2.45) is 16.8 Å². The molecule has 3 N–H and O–H groups in total. The van der Waals surface area contributed by atoms with Gasteiger partial charge in [0.25, 0.3) is 6.47 Å². The number of amidine groups is 1. The van der Waals surface area contributed by atoms with E-state index in [1.54, 1.807) is 19.2 Å². The number of alkyl halides is 3. The van der Waals surface area contributed by atoms with E-state index in [0.717, 1.165) is 30.2 Å². The van der Waals surface area contributed by atoms with E-state index >= 15 is 0 Å². The average molecular weight is 563 g/mol. The van der Waals surface area contributed by atoms with E-state index in [9.17, 15) is 26.7 Å². The zero-order valence-corrected chi connectivity index (χ0v) is 21.7. The summed E-state index contributed by atoms with van der Waals surface area (Å²) in [5.74, 6) is -0.631. The molecular formula is C28H27F5N4O3. The first-order valence-corrected chi connectivity index (χ1v) is 12.4. The van der Waals surface area contributed by atoms with Gasteiger partial charge in [-0.25, -0.2) is 13.8 Å². The lowest BCUT2D eigenvalue weighted by Gasteiger charge is -2.17. The Labute approximate surface area is 227 Å². The van der Waals surface area contributed by atoms with Crippen molar-refractivity contribution in [2.45, 2.75) is 38.5 Å². The van der Waals surface area contributed by atoms with Gasteiger partial charge in [-0.1, -0.05) is 12.1 Å². The highest BCUT2D eigenvalue weighted by molar-refractivity contribution is 5.97. The zero-order chi connectivity index (χ0) is 29.0. The first-order valence-electron chi connectivity index (χ1n) is 12.4. The quantitative estimate of drug-likeness (QED) is 0.127. The van der Waals surface area contributed by atoms with Gasteiger partial charge in [0.2, 0.25) is 5.88 Å². The van der Waals surface area contributed by atoms with E-state index in [2.05, 4.69) is 20.2 Å². The van der Waals surface area contributed by atoms with Crippen LogP contribution in [0.1, 0.15) is 47.1 Å². The molecule has 0 aliphatic heterocycles. The second-order valence-electron chi connectivity index (χ2n) is 9.27. The van der Waals surface area contributed by atoms with Crippen molar-refractivity contribution >= 4 is 12.3 Å². The van der Waals surface area contributed by atoms with Crippen LogP contribution >= 0.6 is 0 Å². The van der Waals surface area contributed by atoms with Gasteiger partial charge in [-0.05, 0) is 66.5 Å². The third-order valence-corrected chi connectivity index (χ3v) is 6.69. The molecule has 0 saturated heterocycles. The van der Waals surface area contributed by atoms with Crippen LogP contribution in [0.15, 0.2) is 47.7 Å². The van der Waals surface area contributed by atoms with Crippen LogP contribution in [0.5, 0.6) is 5.88 Å². The third-order valence-electron chi connectivity index (χ3n) is 6.69. The van der Waals surface area contributed by atoms with E-state index in [0.29, 0.717) is 31.0 Å². The number of hydrazone groups is 1. The van der Waals surface area contributed by atoms with Crippen LogP contribution in [0, 0.1) is 17.6 Å². The van der Waals surface area contributed by atoms with Crippen molar-refractivity contribution in [2.75, 3.05) is 13.7 Å². The highest BCUT2D eigenvalue weighted by Crippen LogP contribution is 2.56. The number of hydrogen-bond acceptors (Lipinski definition) is 6. The largest absolute Gasteiger partial charge is 0.473 e. The fourth-order valence-corrected chi connectivity index (χ4v) is 4.70. The number of halogens is 5. The number of hydrogen-bond donors (Lipinski definition) is 2. The Kier molecular flexibility index (Phi) is 8.55. The fourth-order valence-electron chi connectivity index (χ4n) is 4.70. The predicted octanol–water partition coefficient (Wildman–Crippen LogP) is 5.30. The summed E-state index contributed by atoms with van der Waals surface area (Å²) in [4.78, 5) is 13.4. The molecule has 2 atom stereocenters. The predicted molar refractivity (Wildman–Crippen MR) is 137 cm³/mol. The molecule has 1 fully saturated rings. The lowest BCUT2D eigenvalue weighted by Crippen LogP contribution is -2.17. The van der Waals surface area contributed by atoms with Crippen LogP contribution in [0.4, 0.5) is 22.0 Å². The van der Waals surface area contributed by atoms with Gasteiger partial charge < -0.3 is 20.6 Å². The lowest BCUT2D eigenvalue weighted by atomic mass is 9.95. The number of nitrogens with two attached hydrogens (primary N) is 1. The van der Waals surface area contributed by atoms with Crippen molar-refractivity contribution < 1.29 is 36.2 Å². The van der Waals surface area contributed by atoms with Gasteiger partial charge in [0, 0.05) is 36.0 Å². The first kappa shape index (κ1) is 28.8. The number of pyridine rings is 1. The van der Waals surface area contributed by atoms with Crippen molar-refractivity contribution in [3.05, 3.63) is 82.0 Å². The number of benzene rings is 2. The minimum Gasteiger partial charge on any atom is -0.473 e. The van der Waals surface area contributed by atoms with Gasteiger partial charge in [0.15, 0.2) is 5.84 Å². The molecule has 212 valence electrons. The second-order valence-corrected chi connectivity index (χ2v) is 9.27. The van der Waals surface area contributed by atoms with Crippen molar-refractivity contribution in [1.29, 1.82) is 0 Å². The van der Waals surface area contributed by atoms with Crippen LogP contribution in [0.3, 0.4) is 0 Å². The number of carbonyl (C=O) groups is 1. The SMILES string of the molecule is CCOC=O.CN/N=C(\N)c1ccc(-c2cc(COc3cc4c(cn3)C3CC3C4)c(F)cc2C(F)(F)F)c(F)c1. The molecule has 0 bridgehead atoms. The number of ether oxygens (including phenoxy) is 2. The third kappa shape index (κ3) is 6.32. The minimum absolute atomic E-state index is 0.0404. The molecule has 3 aromatic rings. The smallest absolute Gasteiger partial charge is 0.417 e. The van der Waals surface area contributed by atoms with Crippen LogP contribution in [0.2, 0.25) is 0 Å². The van der Waals surface area contributed by atoms with Gasteiger partial charge >= 0.3 is 6.18 Å². The Morgan fingerprint density at radius 1 is 1.18 bits per heavy atom. The fraction of sp³-hybridized carbons (Fsp3) is 0.321. The summed E-state index contributed by atoms with van der Waals surface area (Å²) in [5, 5.41) is 3.73. The zero-order valence-electron chi connectivity index (χ0n) is 21.7. The molecule has 5 rings (SSSR count). The normalized spacial score (nSPS) is 17.2. The molecule has 0 radical (unpaired) electrons. The van der Waals surface area contributed by atoms with Crippen LogP contribution in [-0.4, -0.2) is 30.9 Å². The van der Waals surface area contributed by atoms with Crippen molar-refractivity contribution in [3.8, 4) is 17.0 Å². The van der Waals surface area contributed by atoms with Gasteiger partial charge in [-0.15, -0.1) is 0 Å². The molecule has 0 amide bonds. The van der Waals surface area contributed by atoms with Gasteiger partial charge in [-0.2, -0.15) is 18.3 Å². The number of fused-ring (bicyclic) bond motifs is 3. The molecule has 0 spiro atoms. The first-order chi connectivity index (χ1) is 19.1.